The summed E-state index contributed by atoms with van der Waals surface area (Å²) in [5.41, 5.74) is 2.48. The number of aryl methyl sites for hydroxylation is 2. The molecule has 0 bridgehead atoms. The quantitative estimate of drug-likeness (QED) is 0.606. The molecule has 9 heteroatoms. The first-order chi connectivity index (χ1) is 13.6. The molecular formula is C20H25ClN2O5S. The number of rotatable bonds is 9. The van der Waals surface area contributed by atoms with E-state index in [0.29, 0.717) is 16.5 Å². The zero-order valence-corrected chi connectivity index (χ0v) is 18.4. The van der Waals surface area contributed by atoms with Crippen LogP contribution in [-0.4, -0.2) is 47.4 Å². The molecule has 0 aliphatic rings. The lowest BCUT2D eigenvalue weighted by atomic mass is 10.1. The van der Waals surface area contributed by atoms with Gasteiger partial charge in [-0.05, 0) is 55.3 Å². The Kier molecular flexibility index (Phi) is 7.75. The first-order valence-electron chi connectivity index (χ1n) is 8.90. The van der Waals surface area contributed by atoms with Crippen molar-refractivity contribution in [1.82, 2.24) is 5.32 Å². The molecular weight excluding hydrogens is 416 g/mol. The van der Waals surface area contributed by atoms with Crippen LogP contribution in [0.25, 0.3) is 0 Å². The van der Waals surface area contributed by atoms with Gasteiger partial charge in [-0.2, -0.15) is 0 Å². The Morgan fingerprint density at radius 2 is 1.86 bits per heavy atom. The van der Waals surface area contributed by atoms with E-state index >= 15 is 0 Å². The number of benzene rings is 2. The summed E-state index contributed by atoms with van der Waals surface area (Å²) in [5.74, 6) is 0.538. The predicted octanol–water partition coefficient (Wildman–Crippen LogP) is 2.93. The molecule has 0 fully saturated rings. The summed E-state index contributed by atoms with van der Waals surface area (Å²) in [4.78, 5) is 12.3. The molecule has 0 unspecified atom stereocenters. The summed E-state index contributed by atoms with van der Waals surface area (Å²) in [5, 5.41) is 2.99. The molecule has 0 spiro atoms. The van der Waals surface area contributed by atoms with Gasteiger partial charge >= 0.3 is 0 Å². The van der Waals surface area contributed by atoms with E-state index in [0.717, 1.165) is 16.1 Å². The number of ether oxygens (including phenoxy) is 2. The van der Waals surface area contributed by atoms with Crippen molar-refractivity contribution < 1.29 is 22.7 Å². The average Bonchev–Trinajstić information content (AvgIpc) is 2.65. The number of hydrogen-bond donors (Lipinski definition) is 1. The van der Waals surface area contributed by atoms with Crippen molar-refractivity contribution in [1.29, 1.82) is 0 Å². The molecule has 0 aliphatic carbocycles. The van der Waals surface area contributed by atoms with E-state index in [4.69, 9.17) is 21.1 Å². The summed E-state index contributed by atoms with van der Waals surface area (Å²) in [6.45, 7) is 4.10. The van der Waals surface area contributed by atoms with Gasteiger partial charge in [-0.3, -0.25) is 9.10 Å². The molecule has 1 N–H and O–H groups in total. The number of sulfonamides is 1. The smallest absolute Gasteiger partial charge is 0.240 e. The van der Waals surface area contributed by atoms with E-state index in [9.17, 15) is 13.2 Å². The summed E-state index contributed by atoms with van der Waals surface area (Å²) in [6.07, 6.45) is 1.02. The van der Waals surface area contributed by atoms with E-state index in [2.05, 4.69) is 5.32 Å². The fourth-order valence-corrected chi connectivity index (χ4v) is 3.61. The molecule has 158 valence electrons. The second kappa shape index (κ2) is 9.84. The lowest BCUT2D eigenvalue weighted by Gasteiger charge is -2.24. The molecule has 0 aliphatic heterocycles. The lowest BCUT2D eigenvalue weighted by molar-refractivity contribution is -0.119. The monoisotopic (exact) mass is 440 g/mol. The van der Waals surface area contributed by atoms with Crippen molar-refractivity contribution in [2.24, 2.45) is 0 Å². The number of carbonyl (C=O) groups excluding carboxylic acids is 1. The van der Waals surface area contributed by atoms with Crippen molar-refractivity contribution in [3.05, 3.63) is 52.5 Å². The number of anilines is 1. The maximum Gasteiger partial charge on any atom is 0.240 e. The lowest BCUT2D eigenvalue weighted by Crippen LogP contribution is -2.41. The van der Waals surface area contributed by atoms with Crippen LogP contribution in [0.3, 0.4) is 0 Å². The first-order valence-corrected chi connectivity index (χ1v) is 11.1. The van der Waals surface area contributed by atoms with Crippen LogP contribution in [0, 0.1) is 13.8 Å². The minimum atomic E-state index is -3.74. The van der Waals surface area contributed by atoms with Crippen molar-refractivity contribution in [2.75, 3.05) is 37.4 Å². The summed E-state index contributed by atoms with van der Waals surface area (Å²) >= 11 is 5.99. The first kappa shape index (κ1) is 22.8. The number of amides is 1. The largest absolute Gasteiger partial charge is 0.495 e. The fourth-order valence-electron chi connectivity index (χ4n) is 2.59. The molecule has 7 nitrogen and oxygen atoms in total. The number of hydrogen-bond acceptors (Lipinski definition) is 5. The van der Waals surface area contributed by atoms with Crippen molar-refractivity contribution >= 4 is 33.2 Å². The molecule has 2 aromatic carbocycles. The van der Waals surface area contributed by atoms with Gasteiger partial charge in [0.05, 0.1) is 25.6 Å². The Balaban J connectivity index is 1.99. The molecule has 0 atom stereocenters. The van der Waals surface area contributed by atoms with Crippen LogP contribution in [0.2, 0.25) is 5.02 Å². The van der Waals surface area contributed by atoms with Gasteiger partial charge in [-0.15, -0.1) is 0 Å². The molecule has 0 heterocycles. The summed E-state index contributed by atoms with van der Waals surface area (Å²) < 4.78 is 36.3. The Labute approximate surface area is 176 Å². The number of nitrogens with zero attached hydrogens (tertiary/aromatic N) is 1. The molecule has 2 aromatic rings. The third-order valence-electron chi connectivity index (χ3n) is 4.27. The Hall–Kier alpha value is -2.45. The van der Waals surface area contributed by atoms with E-state index in [-0.39, 0.29) is 18.8 Å². The van der Waals surface area contributed by atoms with Crippen LogP contribution in [0.5, 0.6) is 11.5 Å². The van der Waals surface area contributed by atoms with Gasteiger partial charge in [0.15, 0.2) is 0 Å². The van der Waals surface area contributed by atoms with Gasteiger partial charge in [0.1, 0.15) is 24.7 Å². The normalized spacial score (nSPS) is 11.1. The van der Waals surface area contributed by atoms with Crippen LogP contribution < -0.4 is 19.1 Å². The summed E-state index contributed by atoms with van der Waals surface area (Å²) in [7, 11) is -2.33. The maximum absolute atomic E-state index is 12.3. The highest BCUT2D eigenvalue weighted by molar-refractivity contribution is 7.92. The van der Waals surface area contributed by atoms with Crippen LogP contribution in [0.4, 0.5) is 5.69 Å². The molecule has 0 aromatic heterocycles. The van der Waals surface area contributed by atoms with Gasteiger partial charge in [0.25, 0.3) is 0 Å². The highest BCUT2D eigenvalue weighted by atomic mass is 35.5. The van der Waals surface area contributed by atoms with Crippen LogP contribution in [0.15, 0.2) is 36.4 Å². The minimum Gasteiger partial charge on any atom is -0.495 e. The third kappa shape index (κ3) is 6.54. The highest BCUT2D eigenvalue weighted by Gasteiger charge is 2.24. The van der Waals surface area contributed by atoms with Crippen molar-refractivity contribution in [3.8, 4) is 11.5 Å². The Morgan fingerprint density at radius 3 is 2.48 bits per heavy atom. The second-order valence-electron chi connectivity index (χ2n) is 6.53. The summed E-state index contributed by atoms with van der Waals surface area (Å²) in [6, 6.07) is 10.3. The Morgan fingerprint density at radius 1 is 1.14 bits per heavy atom. The van der Waals surface area contributed by atoms with E-state index in [1.807, 2.05) is 32.0 Å². The molecule has 1 amide bonds. The second-order valence-corrected chi connectivity index (χ2v) is 8.87. The fraction of sp³-hybridized carbons (Fsp3) is 0.350. The predicted molar refractivity (Wildman–Crippen MR) is 115 cm³/mol. The van der Waals surface area contributed by atoms with Gasteiger partial charge in [0.2, 0.25) is 15.9 Å². The van der Waals surface area contributed by atoms with E-state index < -0.39 is 22.5 Å². The van der Waals surface area contributed by atoms with Gasteiger partial charge < -0.3 is 14.8 Å². The zero-order valence-electron chi connectivity index (χ0n) is 16.9. The molecule has 0 saturated heterocycles. The molecule has 0 saturated carbocycles. The standard InChI is InChI=1S/C20H25ClN2O5S/c1-14-5-7-17(11-15(14)2)28-10-9-22-20(24)13-23(29(4,25)26)18-12-16(21)6-8-19(18)27-3/h5-8,11-12H,9-10,13H2,1-4H3,(H,22,24). The number of carbonyl (C=O) groups is 1. The Bertz CT molecular complexity index is 979. The van der Waals surface area contributed by atoms with Crippen molar-refractivity contribution in [2.45, 2.75) is 13.8 Å². The topological polar surface area (TPSA) is 84.9 Å². The van der Waals surface area contributed by atoms with Gasteiger partial charge in [0, 0.05) is 5.02 Å². The van der Waals surface area contributed by atoms with Crippen LogP contribution in [0.1, 0.15) is 11.1 Å². The number of nitrogens with one attached hydrogen (secondary N) is 1. The molecule has 2 rings (SSSR count). The van der Waals surface area contributed by atoms with E-state index in [1.165, 1.54) is 18.7 Å². The maximum atomic E-state index is 12.3. The molecule has 29 heavy (non-hydrogen) atoms. The number of methoxy groups -OCH3 is 1. The molecule has 0 radical (unpaired) electrons. The van der Waals surface area contributed by atoms with Crippen LogP contribution >= 0.6 is 11.6 Å². The van der Waals surface area contributed by atoms with Crippen LogP contribution in [-0.2, 0) is 14.8 Å². The minimum absolute atomic E-state index is 0.198. The average molecular weight is 441 g/mol. The highest BCUT2D eigenvalue weighted by Crippen LogP contribution is 2.32. The van der Waals surface area contributed by atoms with Gasteiger partial charge in [-0.1, -0.05) is 17.7 Å². The van der Waals surface area contributed by atoms with Gasteiger partial charge in [-0.25, -0.2) is 8.42 Å². The number of halogens is 1. The van der Waals surface area contributed by atoms with E-state index in [1.54, 1.807) is 12.1 Å². The third-order valence-corrected chi connectivity index (χ3v) is 5.63. The zero-order chi connectivity index (χ0) is 21.6. The SMILES string of the molecule is COc1ccc(Cl)cc1N(CC(=O)NCCOc1ccc(C)c(C)c1)S(C)(=O)=O. The van der Waals surface area contributed by atoms with Crippen molar-refractivity contribution in [3.63, 3.8) is 0 Å².